The van der Waals surface area contributed by atoms with Gasteiger partial charge >= 0.3 is 0 Å². The third-order valence-corrected chi connectivity index (χ3v) is 4.82. The van der Waals surface area contributed by atoms with Gasteiger partial charge < -0.3 is 16.0 Å². The maximum Gasteiger partial charge on any atom is 0.265 e. The zero-order valence-electron chi connectivity index (χ0n) is 12.5. The Morgan fingerprint density at radius 1 is 1.50 bits per heavy atom. The summed E-state index contributed by atoms with van der Waals surface area (Å²) in [6, 6.07) is 0.334. The van der Waals surface area contributed by atoms with Crippen molar-refractivity contribution in [2.24, 2.45) is 5.92 Å². The molecule has 1 aromatic rings. The van der Waals surface area contributed by atoms with E-state index in [1.165, 1.54) is 24.2 Å². The summed E-state index contributed by atoms with van der Waals surface area (Å²) < 4.78 is 0. The van der Waals surface area contributed by atoms with Crippen LogP contribution in [0.2, 0.25) is 0 Å². The molecule has 1 saturated carbocycles. The van der Waals surface area contributed by atoms with Gasteiger partial charge in [-0.15, -0.1) is 0 Å². The number of thiazole rings is 1. The van der Waals surface area contributed by atoms with Gasteiger partial charge in [0.2, 0.25) is 0 Å². The molecule has 1 aliphatic rings. The third-order valence-electron chi connectivity index (χ3n) is 3.63. The molecule has 0 aromatic carbocycles. The molecule has 1 heterocycles. The van der Waals surface area contributed by atoms with E-state index in [4.69, 9.17) is 5.73 Å². The Morgan fingerprint density at radius 2 is 2.25 bits per heavy atom. The Hall–Kier alpha value is -1.30. The molecule has 0 bridgehead atoms. The van der Waals surface area contributed by atoms with E-state index in [1.54, 1.807) is 0 Å². The molecule has 3 N–H and O–H groups in total. The fourth-order valence-electron chi connectivity index (χ4n) is 2.43. The molecule has 1 aromatic heterocycles. The van der Waals surface area contributed by atoms with Crippen LogP contribution < -0.4 is 16.0 Å². The van der Waals surface area contributed by atoms with E-state index in [-0.39, 0.29) is 5.91 Å². The van der Waals surface area contributed by atoms with Gasteiger partial charge in [-0.1, -0.05) is 31.6 Å². The summed E-state index contributed by atoms with van der Waals surface area (Å²) in [5.74, 6) is 0.929. The Balaban J connectivity index is 1.96. The fourth-order valence-corrected chi connectivity index (χ4v) is 3.30. The lowest BCUT2D eigenvalue weighted by Crippen LogP contribution is -2.26. The van der Waals surface area contributed by atoms with Crippen molar-refractivity contribution in [2.75, 3.05) is 24.2 Å². The number of hydrogen-bond donors (Lipinski definition) is 2. The number of carbonyl (C=O) groups excluding carboxylic acids is 1. The average Bonchev–Trinajstić information content (AvgIpc) is 2.99. The largest absolute Gasteiger partial charge is 0.382 e. The zero-order chi connectivity index (χ0) is 14.7. The smallest absolute Gasteiger partial charge is 0.265 e. The van der Waals surface area contributed by atoms with Crippen LogP contribution in [-0.2, 0) is 0 Å². The van der Waals surface area contributed by atoms with Gasteiger partial charge in [0.05, 0.1) is 0 Å². The molecule has 2 rings (SSSR count). The standard InChI is InChI=1S/C14H24N4OS/c1-4-6-9-8-10(9)16-13(19)11-12(15)17-14(20-11)18(3)7-5-2/h9-10H,4-8,15H2,1-3H3,(H,16,19). The minimum Gasteiger partial charge on any atom is -0.382 e. The molecule has 1 amide bonds. The molecule has 6 heteroatoms. The topological polar surface area (TPSA) is 71.2 Å². The van der Waals surface area contributed by atoms with Crippen LogP contribution in [0.25, 0.3) is 0 Å². The lowest BCUT2D eigenvalue weighted by atomic mass is 10.2. The highest BCUT2D eigenvalue weighted by Gasteiger charge is 2.37. The molecule has 112 valence electrons. The monoisotopic (exact) mass is 296 g/mol. The summed E-state index contributed by atoms with van der Waals surface area (Å²) in [5.41, 5.74) is 5.88. The van der Waals surface area contributed by atoms with Gasteiger partial charge in [-0.3, -0.25) is 4.79 Å². The van der Waals surface area contributed by atoms with E-state index < -0.39 is 0 Å². The van der Waals surface area contributed by atoms with Crippen LogP contribution in [0, 0.1) is 5.92 Å². The first-order chi connectivity index (χ1) is 9.56. The van der Waals surface area contributed by atoms with E-state index >= 15 is 0 Å². The van der Waals surface area contributed by atoms with Gasteiger partial charge in [0.25, 0.3) is 5.91 Å². The van der Waals surface area contributed by atoms with Crippen LogP contribution in [0.3, 0.4) is 0 Å². The van der Waals surface area contributed by atoms with Crippen molar-refractivity contribution in [2.45, 2.75) is 45.6 Å². The first-order valence-corrected chi connectivity index (χ1v) is 8.16. The number of nitrogen functional groups attached to an aromatic ring is 1. The summed E-state index contributed by atoms with van der Waals surface area (Å²) in [7, 11) is 1.97. The first kappa shape index (κ1) is 15.1. The number of nitrogens with zero attached hydrogens (tertiary/aromatic N) is 2. The number of rotatable bonds is 7. The van der Waals surface area contributed by atoms with Crippen LogP contribution in [0.5, 0.6) is 0 Å². The summed E-state index contributed by atoms with van der Waals surface area (Å²) in [6.45, 7) is 5.20. The predicted molar refractivity (Wildman–Crippen MR) is 84.4 cm³/mol. The number of anilines is 2. The van der Waals surface area contributed by atoms with Gasteiger partial charge in [0.1, 0.15) is 10.7 Å². The predicted octanol–water partition coefficient (Wildman–Crippen LogP) is 2.49. The van der Waals surface area contributed by atoms with E-state index in [2.05, 4.69) is 24.1 Å². The third kappa shape index (κ3) is 3.42. The number of amides is 1. The van der Waals surface area contributed by atoms with Crippen LogP contribution in [0.1, 0.15) is 49.2 Å². The van der Waals surface area contributed by atoms with Crippen molar-refractivity contribution in [3.05, 3.63) is 4.88 Å². The van der Waals surface area contributed by atoms with Gasteiger partial charge in [0.15, 0.2) is 5.13 Å². The normalized spacial score (nSPS) is 20.8. The molecule has 0 saturated heterocycles. The van der Waals surface area contributed by atoms with Gasteiger partial charge in [-0.25, -0.2) is 4.98 Å². The van der Waals surface area contributed by atoms with Crippen molar-refractivity contribution in [3.63, 3.8) is 0 Å². The minimum atomic E-state index is -0.0697. The number of nitrogens with one attached hydrogen (secondary N) is 1. The highest BCUT2D eigenvalue weighted by molar-refractivity contribution is 7.18. The van der Waals surface area contributed by atoms with E-state index in [9.17, 15) is 4.79 Å². The van der Waals surface area contributed by atoms with Crippen LogP contribution in [0.4, 0.5) is 10.9 Å². The van der Waals surface area contributed by atoms with Crippen molar-refractivity contribution >= 4 is 28.2 Å². The molecule has 2 atom stereocenters. The summed E-state index contributed by atoms with van der Waals surface area (Å²) in [5, 5.41) is 3.88. The lowest BCUT2D eigenvalue weighted by molar-refractivity contribution is 0.0953. The number of hydrogen-bond acceptors (Lipinski definition) is 5. The Kier molecular flexibility index (Phi) is 4.86. The second-order valence-corrected chi connectivity index (χ2v) is 6.47. The molecule has 5 nitrogen and oxygen atoms in total. The minimum absolute atomic E-state index is 0.0697. The zero-order valence-corrected chi connectivity index (χ0v) is 13.3. The van der Waals surface area contributed by atoms with Crippen LogP contribution in [0.15, 0.2) is 0 Å². The highest BCUT2D eigenvalue weighted by Crippen LogP contribution is 2.35. The van der Waals surface area contributed by atoms with Crippen molar-refractivity contribution < 1.29 is 4.79 Å². The van der Waals surface area contributed by atoms with E-state index in [0.717, 1.165) is 24.5 Å². The highest BCUT2D eigenvalue weighted by atomic mass is 32.1. The second kappa shape index (κ2) is 6.43. The Bertz CT molecular complexity index is 474. The molecule has 0 aliphatic heterocycles. The van der Waals surface area contributed by atoms with Gasteiger partial charge in [0, 0.05) is 19.6 Å². The first-order valence-electron chi connectivity index (χ1n) is 7.35. The maximum absolute atomic E-state index is 12.2. The fraction of sp³-hybridized carbons (Fsp3) is 0.714. The summed E-state index contributed by atoms with van der Waals surface area (Å²) in [6.07, 6.45) is 4.50. The quantitative estimate of drug-likeness (QED) is 0.811. The molecule has 0 radical (unpaired) electrons. The molecule has 1 fully saturated rings. The van der Waals surface area contributed by atoms with Crippen LogP contribution in [-0.4, -0.2) is 30.5 Å². The van der Waals surface area contributed by atoms with E-state index in [1.807, 2.05) is 11.9 Å². The average molecular weight is 296 g/mol. The summed E-state index contributed by atoms with van der Waals surface area (Å²) in [4.78, 5) is 19.1. The summed E-state index contributed by atoms with van der Waals surface area (Å²) >= 11 is 1.38. The number of nitrogens with two attached hydrogens (primary N) is 1. The van der Waals surface area contributed by atoms with E-state index in [0.29, 0.717) is 22.7 Å². The Labute approximate surface area is 124 Å². The molecular weight excluding hydrogens is 272 g/mol. The molecule has 0 spiro atoms. The van der Waals surface area contributed by atoms with Crippen LogP contribution >= 0.6 is 11.3 Å². The molecule has 1 aliphatic carbocycles. The lowest BCUT2D eigenvalue weighted by Gasteiger charge is -2.13. The molecule has 2 unspecified atom stereocenters. The van der Waals surface area contributed by atoms with Gasteiger partial charge in [-0.05, 0) is 25.2 Å². The van der Waals surface area contributed by atoms with Crippen molar-refractivity contribution in [3.8, 4) is 0 Å². The number of carbonyl (C=O) groups is 1. The van der Waals surface area contributed by atoms with Crippen molar-refractivity contribution in [1.82, 2.24) is 10.3 Å². The SMILES string of the molecule is CCCC1CC1NC(=O)c1sc(N(C)CCC)nc1N. The maximum atomic E-state index is 12.2. The van der Waals surface area contributed by atoms with Crippen molar-refractivity contribution in [1.29, 1.82) is 0 Å². The molecule has 20 heavy (non-hydrogen) atoms. The second-order valence-electron chi connectivity index (χ2n) is 5.50. The van der Waals surface area contributed by atoms with Gasteiger partial charge in [-0.2, -0.15) is 0 Å². The Morgan fingerprint density at radius 3 is 2.90 bits per heavy atom. The molecular formula is C14H24N4OS. The number of aromatic nitrogens is 1.